The highest BCUT2D eigenvalue weighted by Gasteiger charge is 2.34. The standard InChI is InChI=1S/C14H7BrF4O2/c15-11-3-1-7(5-9(11)13(20)21)8-2-4-12(16)10(6-8)14(17,18)19/h1-6H,(H,20,21). The normalized spacial score (nSPS) is 11.5. The fraction of sp³-hybridized carbons (Fsp3) is 0.0714. The van der Waals surface area contributed by atoms with Gasteiger partial charge in [0.05, 0.1) is 11.1 Å². The summed E-state index contributed by atoms with van der Waals surface area (Å²) in [4.78, 5) is 11.0. The molecule has 0 saturated carbocycles. The molecule has 0 saturated heterocycles. The van der Waals surface area contributed by atoms with E-state index in [1.165, 1.54) is 24.3 Å². The van der Waals surface area contributed by atoms with Gasteiger partial charge < -0.3 is 5.11 Å². The first-order valence-corrected chi connectivity index (χ1v) is 6.39. The molecule has 0 spiro atoms. The average Bonchev–Trinajstić information content (AvgIpc) is 2.38. The quantitative estimate of drug-likeness (QED) is 0.765. The Kier molecular flexibility index (Phi) is 4.04. The van der Waals surface area contributed by atoms with Crippen molar-refractivity contribution in [1.29, 1.82) is 0 Å². The predicted octanol–water partition coefficient (Wildman–Crippen LogP) is 4.97. The highest BCUT2D eigenvalue weighted by atomic mass is 79.9. The van der Waals surface area contributed by atoms with E-state index in [1.807, 2.05) is 0 Å². The van der Waals surface area contributed by atoms with Gasteiger partial charge in [0.25, 0.3) is 0 Å². The van der Waals surface area contributed by atoms with Crippen LogP contribution in [0.4, 0.5) is 17.6 Å². The van der Waals surface area contributed by atoms with Gasteiger partial charge in [-0.2, -0.15) is 13.2 Å². The highest BCUT2D eigenvalue weighted by Crippen LogP contribution is 2.35. The van der Waals surface area contributed by atoms with Gasteiger partial charge in [0.1, 0.15) is 5.82 Å². The van der Waals surface area contributed by atoms with Gasteiger partial charge in [0.15, 0.2) is 0 Å². The number of alkyl halides is 3. The molecule has 2 rings (SSSR count). The lowest BCUT2D eigenvalue weighted by Crippen LogP contribution is -2.08. The smallest absolute Gasteiger partial charge is 0.419 e. The Morgan fingerprint density at radius 3 is 2.19 bits per heavy atom. The van der Waals surface area contributed by atoms with Crippen LogP contribution in [0.3, 0.4) is 0 Å². The van der Waals surface area contributed by atoms with E-state index in [0.29, 0.717) is 16.6 Å². The average molecular weight is 363 g/mol. The van der Waals surface area contributed by atoms with E-state index in [9.17, 15) is 22.4 Å². The van der Waals surface area contributed by atoms with Crippen molar-refractivity contribution >= 4 is 21.9 Å². The Labute approximate surface area is 125 Å². The number of rotatable bonds is 2. The van der Waals surface area contributed by atoms with Crippen molar-refractivity contribution in [3.8, 4) is 11.1 Å². The van der Waals surface area contributed by atoms with E-state index in [4.69, 9.17) is 5.11 Å². The Morgan fingerprint density at radius 1 is 1.05 bits per heavy atom. The lowest BCUT2D eigenvalue weighted by atomic mass is 10.0. The largest absolute Gasteiger partial charge is 0.478 e. The van der Waals surface area contributed by atoms with E-state index < -0.39 is 23.5 Å². The molecule has 0 aliphatic rings. The topological polar surface area (TPSA) is 37.3 Å². The van der Waals surface area contributed by atoms with Crippen LogP contribution in [-0.4, -0.2) is 11.1 Å². The summed E-state index contributed by atoms with van der Waals surface area (Å²) in [6, 6.07) is 6.61. The molecular weight excluding hydrogens is 356 g/mol. The molecule has 21 heavy (non-hydrogen) atoms. The van der Waals surface area contributed by atoms with Crippen molar-refractivity contribution in [1.82, 2.24) is 0 Å². The summed E-state index contributed by atoms with van der Waals surface area (Å²) in [5.41, 5.74) is -1.15. The summed E-state index contributed by atoms with van der Waals surface area (Å²) < 4.78 is 51.6. The minimum absolute atomic E-state index is 0.0822. The summed E-state index contributed by atoms with van der Waals surface area (Å²) in [5, 5.41) is 8.99. The van der Waals surface area contributed by atoms with E-state index >= 15 is 0 Å². The monoisotopic (exact) mass is 362 g/mol. The maximum Gasteiger partial charge on any atom is 0.419 e. The molecule has 2 nitrogen and oxygen atoms in total. The van der Waals surface area contributed by atoms with Gasteiger partial charge in [0.2, 0.25) is 0 Å². The molecule has 0 aliphatic heterocycles. The van der Waals surface area contributed by atoms with Crippen molar-refractivity contribution in [2.45, 2.75) is 6.18 Å². The zero-order chi connectivity index (χ0) is 15.8. The zero-order valence-corrected chi connectivity index (χ0v) is 11.8. The molecule has 0 radical (unpaired) electrons. The van der Waals surface area contributed by atoms with Crippen LogP contribution in [0, 0.1) is 5.82 Å². The first-order valence-electron chi connectivity index (χ1n) is 5.60. The predicted molar refractivity (Wildman–Crippen MR) is 71.5 cm³/mol. The summed E-state index contributed by atoms with van der Waals surface area (Å²) in [5.74, 6) is -2.59. The third kappa shape index (κ3) is 3.24. The fourth-order valence-electron chi connectivity index (χ4n) is 1.79. The third-order valence-corrected chi connectivity index (χ3v) is 3.49. The van der Waals surface area contributed by atoms with Gasteiger partial charge in [-0.1, -0.05) is 12.1 Å². The molecule has 1 N–H and O–H groups in total. The van der Waals surface area contributed by atoms with Crippen LogP contribution in [0.1, 0.15) is 15.9 Å². The number of hydrogen-bond acceptors (Lipinski definition) is 1. The minimum atomic E-state index is -4.81. The second-order valence-electron chi connectivity index (χ2n) is 4.19. The van der Waals surface area contributed by atoms with Crippen molar-refractivity contribution in [3.05, 3.63) is 57.8 Å². The molecule has 0 aromatic heterocycles. The number of carboxylic acids is 1. The van der Waals surface area contributed by atoms with E-state index in [0.717, 1.165) is 0 Å². The van der Waals surface area contributed by atoms with Crippen molar-refractivity contribution in [2.75, 3.05) is 0 Å². The fourth-order valence-corrected chi connectivity index (χ4v) is 2.21. The number of hydrogen-bond donors (Lipinski definition) is 1. The summed E-state index contributed by atoms with van der Waals surface area (Å²) >= 11 is 3.04. The van der Waals surface area contributed by atoms with E-state index in [2.05, 4.69) is 15.9 Å². The molecule has 0 atom stereocenters. The van der Waals surface area contributed by atoms with Crippen LogP contribution in [0.15, 0.2) is 40.9 Å². The Balaban J connectivity index is 2.58. The van der Waals surface area contributed by atoms with Crippen LogP contribution >= 0.6 is 15.9 Å². The van der Waals surface area contributed by atoms with Gasteiger partial charge in [0, 0.05) is 4.47 Å². The number of aromatic carboxylic acids is 1. The number of carboxylic acid groups (broad SMARTS) is 1. The van der Waals surface area contributed by atoms with Crippen molar-refractivity contribution < 1.29 is 27.5 Å². The second-order valence-corrected chi connectivity index (χ2v) is 5.05. The van der Waals surface area contributed by atoms with E-state index in [-0.39, 0.29) is 16.7 Å². The van der Waals surface area contributed by atoms with Crippen LogP contribution in [-0.2, 0) is 6.18 Å². The molecule has 110 valence electrons. The second kappa shape index (κ2) is 5.48. The zero-order valence-electron chi connectivity index (χ0n) is 10.2. The Hall–Kier alpha value is -1.89. The number of benzene rings is 2. The van der Waals surface area contributed by atoms with Gasteiger partial charge in [-0.05, 0) is 51.3 Å². The maximum atomic E-state index is 13.2. The van der Waals surface area contributed by atoms with Gasteiger partial charge >= 0.3 is 12.1 Å². The molecule has 2 aromatic rings. The third-order valence-electron chi connectivity index (χ3n) is 2.80. The summed E-state index contributed by atoms with van der Waals surface area (Å²) in [6.45, 7) is 0. The molecular formula is C14H7BrF4O2. The van der Waals surface area contributed by atoms with Crippen LogP contribution in [0.25, 0.3) is 11.1 Å². The lowest BCUT2D eigenvalue weighted by Gasteiger charge is -2.11. The maximum absolute atomic E-state index is 13.2. The molecule has 7 heteroatoms. The molecule has 0 aliphatic carbocycles. The highest BCUT2D eigenvalue weighted by molar-refractivity contribution is 9.10. The minimum Gasteiger partial charge on any atom is -0.478 e. The van der Waals surface area contributed by atoms with Crippen molar-refractivity contribution in [2.24, 2.45) is 0 Å². The van der Waals surface area contributed by atoms with E-state index in [1.54, 1.807) is 0 Å². The Bertz CT molecular complexity index is 711. The first kappa shape index (κ1) is 15.5. The Morgan fingerprint density at radius 2 is 1.62 bits per heavy atom. The first-order chi connectivity index (χ1) is 9.70. The van der Waals surface area contributed by atoms with Crippen molar-refractivity contribution in [3.63, 3.8) is 0 Å². The molecule has 0 fully saturated rings. The molecule has 0 heterocycles. The molecule has 0 unspecified atom stereocenters. The lowest BCUT2D eigenvalue weighted by molar-refractivity contribution is -0.139. The summed E-state index contributed by atoms with van der Waals surface area (Å²) in [6.07, 6.45) is -4.81. The number of carbonyl (C=O) groups is 1. The number of halogens is 5. The summed E-state index contributed by atoms with van der Waals surface area (Å²) in [7, 11) is 0. The molecule has 0 bridgehead atoms. The van der Waals surface area contributed by atoms with Gasteiger partial charge in [-0.15, -0.1) is 0 Å². The van der Waals surface area contributed by atoms with Crippen LogP contribution in [0.5, 0.6) is 0 Å². The van der Waals surface area contributed by atoms with Crippen LogP contribution in [0.2, 0.25) is 0 Å². The van der Waals surface area contributed by atoms with Crippen LogP contribution < -0.4 is 0 Å². The SMILES string of the molecule is O=C(O)c1cc(-c2ccc(F)c(C(F)(F)F)c2)ccc1Br. The van der Waals surface area contributed by atoms with Gasteiger partial charge in [-0.25, -0.2) is 9.18 Å². The molecule has 0 amide bonds. The van der Waals surface area contributed by atoms with Gasteiger partial charge in [-0.3, -0.25) is 0 Å². The molecule has 2 aromatic carbocycles.